The molecule has 0 aliphatic rings. The summed E-state index contributed by atoms with van der Waals surface area (Å²) < 4.78 is 16.8. The zero-order chi connectivity index (χ0) is 52.2. The van der Waals surface area contributed by atoms with Gasteiger partial charge in [0.1, 0.15) is 13.2 Å². The molecule has 72 heavy (non-hydrogen) atoms. The Balaban J connectivity index is 4.52. The van der Waals surface area contributed by atoms with Crippen LogP contribution in [0.1, 0.15) is 258 Å². The van der Waals surface area contributed by atoms with Gasteiger partial charge in [-0.2, -0.15) is 0 Å². The van der Waals surface area contributed by atoms with E-state index in [2.05, 4.69) is 136 Å². The topological polar surface area (TPSA) is 78.9 Å². The third-order valence-electron chi connectivity index (χ3n) is 12.2. The monoisotopic (exact) mass is 997 g/mol. The van der Waals surface area contributed by atoms with Crippen molar-refractivity contribution in [3.8, 4) is 0 Å². The molecule has 0 rings (SSSR count). The minimum absolute atomic E-state index is 0.110. The van der Waals surface area contributed by atoms with E-state index >= 15 is 0 Å². The lowest BCUT2D eigenvalue weighted by Gasteiger charge is -2.18. The van der Waals surface area contributed by atoms with Gasteiger partial charge in [-0.3, -0.25) is 14.4 Å². The Bertz CT molecular complexity index is 1520. The fourth-order valence-electron chi connectivity index (χ4n) is 7.83. The van der Waals surface area contributed by atoms with Crippen molar-refractivity contribution in [3.05, 3.63) is 122 Å². The molecule has 0 radical (unpaired) electrons. The SMILES string of the molecule is CC/C=C\C/C=C\C/C=C\C/C=C\C/C=C\C/C=C\CCC(=O)OCC(COC(=O)CCCCCCC/C=C\CCCCCCCCC)OC(=O)CCCCCCCCCCC/C=C\C/C=C\C/C=C\CC. The van der Waals surface area contributed by atoms with Crippen molar-refractivity contribution in [2.45, 2.75) is 264 Å². The number of unbranched alkanes of at least 4 members (excludes halogenated alkanes) is 21. The first-order valence-corrected chi connectivity index (χ1v) is 29.5. The van der Waals surface area contributed by atoms with E-state index in [4.69, 9.17) is 14.2 Å². The maximum Gasteiger partial charge on any atom is 0.306 e. The second-order valence-electron chi connectivity index (χ2n) is 19.1. The van der Waals surface area contributed by atoms with Gasteiger partial charge in [0.2, 0.25) is 0 Å². The highest BCUT2D eigenvalue weighted by atomic mass is 16.6. The zero-order valence-electron chi connectivity index (χ0n) is 46.7. The number of carbonyl (C=O) groups is 3. The highest BCUT2D eigenvalue weighted by molar-refractivity contribution is 5.71. The minimum atomic E-state index is -0.819. The van der Waals surface area contributed by atoms with Crippen LogP contribution in [0.25, 0.3) is 0 Å². The van der Waals surface area contributed by atoms with Crippen molar-refractivity contribution in [1.82, 2.24) is 0 Å². The highest BCUT2D eigenvalue weighted by Crippen LogP contribution is 2.14. The quantitative estimate of drug-likeness (QED) is 0.0261. The van der Waals surface area contributed by atoms with Crippen molar-refractivity contribution >= 4 is 17.9 Å². The number of ether oxygens (including phenoxy) is 3. The Morgan fingerprint density at radius 2 is 0.569 bits per heavy atom. The largest absolute Gasteiger partial charge is 0.462 e. The summed E-state index contributed by atoms with van der Waals surface area (Å²) in [6.07, 6.45) is 82.0. The van der Waals surface area contributed by atoms with E-state index in [0.29, 0.717) is 19.3 Å². The van der Waals surface area contributed by atoms with Crippen LogP contribution in [0.5, 0.6) is 0 Å². The molecule has 0 aromatic rings. The van der Waals surface area contributed by atoms with Crippen LogP contribution in [-0.4, -0.2) is 37.2 Å². The zero-order valence-corrected chi connectivity index (χ0v) is 46.7. The molecule has 6 heteroatoms. The Kier molecular flexibility index (Phi) is 55.9. The summed E-state index contributed by atoms with van der Waals surface area (Å²) in [5.74, 6) is -1.01. The molecule has 0 spiro atoms. The number of allylic oxidation sites excluding steroid dienone is 20. The van der Waals surface area contributed by atoms with Crippen LogP contribution in [0, 0.1) is 0 Å². The number of hydrogen-bond donors (Lipinski definition) is 0. The van der Waals surface area contributed by atoms with Crippen LogP contribution in [0.4, 0.5) is 0 Å². The van der Waals surface area contributed by atoms with Crippen molar-refractivity contribution in [1.29, 1.82) is 0 Å². The van der Waals surface area contributed by atoms with Gasteiger partial charge in [-0.15, -0.1) is 0 Å². The first kappa shape index (κ1) is 67.8. The summed E-state index contributed by atoms with van der Waals surface area (Å²) in [4.78, 5) is 38.2. The normalized spacial score (nSPS) is 13.0. The average molecular weight is 998 g/mol. The van der Waals surface area contributed by atoms with Crippen molar-refractivity contribution in [2.75, 3.05) is 13.2 Å². The molecule has 0 aromatic carbocycles. The molecule has 0 saturated carbocycles. The van der Waals surface area contributed by atoms with Crippen LogP contribution in [0.3, 0.4) is 0 Å². The molecular formula is C66H108O6. The van der Waals surface area contributed by atoms with Gasteiger partial charge in [-0.25, -0.2) is 0 Å². The van der Waals surface area contributed by atoms with Gasteiger partial charge in [-0.05, 0) is 116 Å². The fraction of sp³-hybridized carbons (Fsp3) is 0.652. The van der Waals surface area contributed by atoms with Crippen LogP contribution >= 0.6 is 0 Å². The molecule has 0 fully saturated rings. The van der Waals surface area contributed by atoms with Gasteiger partial charge in [-0.1, -0.05) is 245 Å². The standard InChI is InChI=1S/C66H108O6/c1-4-7-10-13-16-19-22-25-28-31-33-35-38-41-44-47-50-53-56-59-65(68)71-62-63(61-70-64(67)58-55-52-49-46-43-40-37-30-27-24-21-18-15-12-9-6-3)72-66(69)60-57-54-51-48-45-42-39-36-34-32-29-26-23-20-17-14-11-8-5-2/h7-8,10-11,16-17,19-20,25-26,28-30,33,35,37,41,44,50,53,63H,4-6,9,12-15,18,21-24,27,31-32,34,36,38-40,42-43,45-49,51-52,54-62H2,1-3H3/b10-7-,11-8-,19-16-,20-17-,28-25-,29-26-,35-33-,37-30-,44-41-,53-50-. The van der Waals surface area contributed by atoms with E-state index in [1.807, 2.05) is 6.08 Å². The number of carbonyl (C=O) groups excluding carboxylic acids is 3. The van der Waals surface area contributed by atoms with E-state index in [-0.39, 0.29) is 37.5 Å². The number of hydrogen-bond acceptors (Lipinski definition) is 6. The van der Waals surface area contributed by atoms with E-state index in [0.717, 1.165) is 116 Å². The Morgan fingerprint density at radius 3 is 0.944 bits per heavy atom. The molecule has 0 aliphatic carbocycles. The van der Waals surface area contributed by atoms with Crippen LogP contribution in [0.15, 0.2) is 122 Å². The van der Waals surface area contributed by atoms with Crippen molar-refractivity contribution < 1.29 is 28.6 Å². The summed E-state index contributed by atoms with van der Waals surface area (Å²) in [6.45, 7) is 6.34. The number of esters is 3. The Labute approximate surface area is 443 Å². The second kappa shape index (κ2) is 59.4. The summed E-state index contributed by atoms with van der Waals surface area (Å²) in [7, 11) is 0. The molecule has 6 nitrogen and oxygen atoms in total. The molecule has 1 unspecified atom stereocenters. The second-order valence-corrected chi connectivity index (χ2v) is 19.1. The average Bonchev–Trinajstić information content (AvgIpc) is 3.38. The van der Waals surface area contributed by atoms with Crippen molar-refractivity contribution in [2.24, 2.45) is 0 Å². The Morgan fingerprint density at radius 1 is 0.292 bits per heavy atom. The van der Waals surface area contributed by atoms with Gasteiger partial charge in [0.25, 0.3) is 0 Å². The lowest BCUT2D eigenvalue weighted by Crippen LogP contribution is -2.30. The number of rotatable bonds is 52. The first-order valence-electron chi connectivity index (χ1n) is 29.5. The molecule has 0 bridgehead atoms. The third-order valence-corrected chi connectivity index (χ3v) is 12.2. The minimum Gasteiger partial charge on any atom is -0.462 e. The van der Waals surface area contributed by atoms with E-state index < -0.39 is 6.10 Å². The van der Waals surface area contributed by atoms with Crippen LogP contribution < -0.4 is 0 Å². The van der Waals surface area contributed by atoms with Crippen LogP contribution in [0.2, 0.25) is 0 Å². The summed E-state index contributed by atoms with van der Waals surface area (Å²) >= 11 is 0. The van der Waals surface area contributed by atoms with Crippen LogP contribution in [-0.2, 0) is 28.6 Å². The molecule has 1 atom stereocenters. The molecule has 0 aromatic heterocycles. The molecule has 0 saturated heterocycles. The molecule has 0 N–H and O–H groups in total. The van der Waals surface area contributed by atoms with E-state index in [9.17, 15) is 14.4 Å². The molecule has 408 valence electrons. The lowest BCUT2D eigenvalue weighted by atomic mass is 10.1. The van der Waals surface area contributed by atoms with Gasteiger partial charge >= 0.3 is 17.9 Å². The summed E-state index contributed by atoms with van der Waals surface area (Å²) in [5.41, 5.74) is 0. The van der Waals surface area contributed by atoms with Crippen molar-refractivity contribution in [3.63, 3.8) is 0 Å². The Hall–Kier alpha value is -4.19. The lowest BCUT2D eigenvalue weighted by molar-refractivity contribution is -0.166. The van der Waals surface area contributed by atoms with Gasteiger partial charge in [0.05, 0.1) is 0 Å². The summed E-state index contributed by atoms with van der Waals surface area (Å²) in [5, 5.41) is 0. The molecule has 0 aliphatic heterocycles. The predicted molar refractivity (Wildman–Crippen MR) is 311 cm³/mol. The van der Waals surface area contributed by atoms with Gasteiger partial charge in [0.15, 0.2) is 6.10 Å². The highest BCUT2D eigenvalue weighted by Gasteiger charge is 2.19. The maximum absolute atomic E-state index is 12.9. The molecule has 0 amide bonds. The third kappa shape index (κ3) is 56.7. The van der Waals surface area contributed by atoms with Gasteiger partial charge in [0, 0.05) is 19.3 Å². The van der Waals surface area contributed by atoms with E-state index in [1.165, 1.54) is 96.3 Å². The molecular weight excluding hydrogens is 889 g/mol. The predicted octanol–water partition coefficient (Wildman–Crippen LogP) is 20.0. The fourth-order valence-corrected chi connectivity index (χ4v) is 7.83. The first-order chi connectivity index (χ1) is 35.5. The molecule has 0 heterocycles. The van der Waals surface area contributed by atoms with E-state index in [1.54, 1.807) is 0 Å². The smallest absolute Gasteiger partial charge is 0.306 e. The van der Waals surface area contributed by atoms with Gasteiger partial charge < -0.3 is 14.2 Å². The summed E-state index contributed by atoms with van der Waals surface area (Å²) in [6, 6.07) is 0. The maximum atomic E-state index is 12.9.